The molecule has 0 aliphatic heterocycles. The van der Waals surface area contributed by atoms with Gasteiger partial charge in [-0.25, -0.2) is 4.79 Å². The number of methoxy groups -OCH3 is 1. The van der Waals surface area contributed by atoms with E-state index in [2.05, 4.69) is 17.1 Å². The second-order valence-electron chi connectivity index (χ2n) is 11.3. The van der Waals surface area contributed by atoms with Gasteiger partial charge in [0.05, 0.1) is 12.8 Å². The summed E-state index contributed by atoms with van der Waals surface area (Å²) in [5.41, 5.74) is 1.52. The molecule has 0 saturated heterocycles. The van der Waals surface area contributed by atoms with Crippen molar-refractivity contribution in [2.75, 3.05) is 45.7 Å². The van der Waals surface area contributed by atoms with Gasteiger partial charge in [-0.05, 0) is 45.6 Å². The first-order valence-electron chi connectivity index (χ1n) is 16.0. The van der Waals surface area contributed by atoms with E-state index in [1.54, 1.807) is 12.0 Å². The number of amides is 2. The van der Waals surface area contributed by atoms with Crippen LogP contribution in [0.2, 0.25) is 0 Å². The standard InChI is InChI=1S/C33H59N3O4/c1-5-6-7-8-9-10-11-12-13-14-15-16-17-18-19-20-26-36(29-37)32-27-31(39-4)23-22-30(32)28-40-33(38)34-24-21-25-35(2)3/h22-23,27,29H,5-21,24-26,28H2,1-4H3,(H,34,38). The third-order valence-corrected chi connectivity index (χ3v) is 7.39. The van der Waals surface area contributed by atoms with Crippen molar-refractivity contribution in [1.29, 1.82) is 0 Å². The van der Waals surface area contributed by atoms with Crippen molar-refractivity contribution >= 4 is 18.2 Å². The van der Waals surface area contributed by atoms with Crippen molar-refractivity contribution < 1.29 is 19.1 Å². The van der Waals surface area contributed by atoms with Crippen LogP contribution in [0.1, 0.15) is 122 Å². The monoisotopic (exact) mass is 561 g/mol. The van der Waals surface area contributed by atoms with Crippen LogP contribution >= 0.6 is 0 Å². The number of hydrogen-bond acceptors (Lipinski definition) is 5. The number of anilines is 1. The van der Waals surface area contributed by atoms with Gasteiger partial charge in [0, 0.05) is 24.7 Å². The molecule has 0 fully saturated rings. The summed E-state index contributed by atoms with van der Waals surface area (Å²) in [7, 11) is 5.61. The number of ether oxygens (including phenoxy) is 2. The molecule has 0 aromatic heterocycles. The fourth-order valence-electron chi connectivity index (χ4n) is 4.90. The Kier molecular flexibility index (Phi) is 21.9. The molecule has 0 saturated carbocycles. The van der Waals surface area contributed by atoms with Gasteiger partial charge in [-0.1, -0.05) is 103 Å². The van der Waals surface area contributed by atoms with E-state index in [0.29, 0.717) is 18.8 Å². The van der Waals surface area contributed by atoms with E-state index in [0.717, 1.165) is 43.5 Å². The van der Waals surface area contributed by atoms with Crippen LogP contribution in [0.15, 0.2) is 18.2 Å². The lowest BCUT2D eigenvalue weighted by molar-refractivity contribution is -0.107. The van der Waals surface area contributed by atoms with Gasteiger partial charge in [-0.2, -0.15) is 0 Å². The minimum atomic E-state index is -0.448. The van der Waals surface area contributed by atoms with E-state index in [-0.39, 0.29) is 6.61 Å². The van der Waals surface area contributed by atoms with Crippen molar-refractivity contribution in [2.45, 2.75) is 123 Å². The van der Waals surface area contributed by atoms with E-state index in [1.807, 2.05) is 32.3 Å². The summed E-state index contributed by atoms with van der Waals surface area (Å²) in [4.78, 5) is 27.9. The quantitative estimate of drug-likeness (QED) is 0.0914. The molecule has 7 heteroatoms. The molecule has 7 nitrogen and oxygen atoms in total. The van der Waals surface area contributed by atoms with Crippen LogP contribution in [0.3, 0.4) is 0 Å². The summed E-state index contributed by atoms with van der Waals surface area (Å²) >= 11 is 0. The number of nitrogens with one attached hydrogen (secondary N) is 1. The zero-order valence-corrected chi connectivity index (χ0v) is 26.2. The Hall–Kier alpha value is -2.28. The lowest BCUT2D eigenvalue weighted by Gasteiger charge is -2.22. The molecule has 0 atom stereocenters. The van der Waals surface area contributed by atoms with Crippen LogP contribution in [0.25, 0.3) is 0 Å². The Morgan fingerprint density at radius 3 is 1.85 bits per heavy atom. The molecule has 40 heavy (non-hydrogen) atoms. The normalized spacial score (nSPS) is 11.0. The fourth-order valence-corrected chi connectivity index (χ4v) is 4.90. The number of benzene rings is 1. The summed E-state index contributed by atoms with van der Waals surface area (Å²) in [5, 5.41) is 2.78. The molecule has 1 aromatic carbocycles. The number of carbonyl (C=O) groups is 2. The van der Waals surface area contributed by atoms with E-state index in [9.17, 15) is 9.59 Å². The smallest absolute Gasteiger partial charge is 0.407 e. The summed E-state index contributed by atoms with van der Waals surface area (Å²) in [6.07, 6.45) is 22.4. The minimum Gasteiger partial charge on any atom is -0.497 e. The predicted molar refractivity (Wildman–Crippen MR) is 167 cm³/mol. The first kappa shape index (κ1) is 35.7. The van der Waals surface area contributed by atoms with Crippen molar-refractivity contribution in [1.82, 2.24) is 10.2 Å². The van der Waals surface area contributed by atoms with Crippen LogP contribution in [-0.4, -0.2) is 58.2 Å². The molecule has 1 rings (SSSR count). The van der Waals surface area contributed by atoms with Gasteiger partial charge >= 0.3 is 6.09 Å². The number of nitrogens with zero attached hydrogens (tertiary/aromatic N) is 2. The Balaban J connectivity index is 2.27. The minimum absolute atomic E-state index is 0.0993. The maximum Gasteiger partial charge on any atom is 0.407 e. The van der Waals surface area contributed by atoms with Gasteiger partial charge in [-0.15, -0.1) is 0 Å². The number of rotatable bonds is 26. The topological polar surface area (TPSA) is 71.1 Å². The summed E-state index contributed by atoms with van der Waals surface area (Å²) in [5.74, 6) is 0.672. The lowest BCUT2D eigenvalue weighted by atomic mass is 10.0. The highest BCUT2D eigenvalue weighted by molar-refractivity contribution is 5.78. The first-order chi connectivity index (χ1) is 19.5. The van der Waals surface area contributed by atoms with Gasteiger partial charge < -0.3 is 24.6 Å². The molecular weight excluding hydrogens is 502 g/mol. The van der Waals surface area contributed by atoms with Crippen molar-refractivity contribution in [3.05, 3.63) is 23.8 Å². The molecule has 0 spiro atoms. The molecule has 230 valence electrons. The van der Waals surface area contributed by atoms with Crippen LogP contribution in [0.5, 0.6) is 5.75 Å². The van der Waals surface area contributed by atoms with Gasteiger partial charge in [-0.3, -0.25) is 4.79 Å². The molecular formula is C33H59N3O4. The highest BCUT2D eigenvalue weighted by atomic mass is 16.5. The summed E-state index contributed by atoms with van der Waals surface area (Å²) < 4.78 is 10.8. The molecule has 0 radical (unpaired) electrons. The molecule has 0 bridgehead atoms. The molecule has 1 aromatic rings. The zero-order chi connectivity index (χ0) is 29.3. The molecule has 0 heterocycles. The van der Waals surface area contributed by atoms with Crippen molar-refractivity contribution in [2.24, 2.45) is 0 Å². The first-order valence-corrected chi connectivity index (χ1v) is 16.0. The number of unbranched alkanes of at least 4 members (excludes halogenated alkanes) is 15. The lowest BCUT2D eigenvalue weighted by Crippen LogP contribution is -2.28. The summed E-state index contributed by atoms with van der Waals surface area (Å²) in [6, 6.07) is 5.53. The average Bonchev–Trinajstić information content (AvgIpc) is 2.96. The number of alkyl carbamates (subject to hydrolysis) is 1. The maximum absolute atomic E-state index is 12.1. The van der Waals surface area contributed by atoms with Crippen LogP contribution in [-0.2, 0) is 16.1 Å². The SMILES string of the molecule is CCCCCCCCCCCCCCCCCCN(C=O)c1cc(OC)ccc1COC(=O)NCCCN(C)C. The highest BCUT2D eigenvalue weighted by Crippen LogP contribution is 2.27. The Morgan fingerprint density at radius 1 is 0.800 bits per heavy atom. The Bertz CT molecular complexity index is 772. The van der Waals surface area contributed by atoms with Crippen molar-refractivity contribution in [3.8, 4) is 5.75 Å². The summed E-state index contributed by atoms with van der Waals surface area (Å²) in [6.45, 7) is 4.47. The van der Waals surface area contributed by atoms with Gasteiger partial charge in [0.1, 0.15) is 12.4 Å². The Morgan fingerprint density at radius 2 is 1.35 bits per heavy atom. The van der Waals surface area contributed by atoms with E-state index >= 15 is 0 Å². The Labute approximate surface area is 245 Å². The highest BCUT2D eigenvalue weighted by Gasteiger charge is 2.14. The number of hydrogen-bond donors (Lipinski definition) is 1. The molecule has 2 amide bonds. The molecule has 0 unspecified atom stereocenters. The largest absolute Gasteiger partial charge is 0.497 e. The third kappa shape index (κ3) is 18.1. The zero-order valence-electron chi connectivity index (χ0n) is 26.2. The average molecular weight is 562 g/mol. The maximum atomic E-state index is 12.1. The van der Waals surface area contributed by atoms with E-state index in [4.69, 9.17) is 9.47 Å². The van der Waals surface area contributed by atoms with E-state index < -0.39 is 6.09 Å². The van der Waals surface area contributed by atoms with Crippen LogP contribution in [0, 0.1) is 0 Å². The van der Waals surface area contributed by atoms with Crippen molar-refractivity contribution in [3.63, 3.8) is 0 Å². The van der Waals surface area contributed by atoms with Gasteiger partial charge in [0.15, 0.2) is 0 Å². The fraction of sp³-hybridized carbons (Fsp3) is 0.758. The van der Waals surface area contributed by atoms with Gasteiger partial charge in [0.2, 0.25) is 6.41 Å². The van der Waals surface area contributed by atoms with Crippen LogP contribution < -0.4 is 15.0 Å². The third-order valence-electron chi connectivity index (χ3n) is 7.39. The van der Waals surface area contributed by atoms with E-state index in [1.165, 1.54) is 89.9 Å². The molecule has 0 aliphatic carbocycles. The number of carbonyl (C=O) groups excluding carboxylic acids is 2. The second kappa shape index (κ2) is 24.5. The predicted octanol–water partition coefficient (Wildman–Crippen LogP) is 8.10. The van der Waals surface area contributed by atoms with Crippen LogP contribution in [0.4, 0.5) is 10.5 Å². The molecule has 1 N–H and O–H groups in total. The second-order valence-corrected chi connectivity index (χ2v) is 11.3. The van der Waals surface area contributed by atoms with Gasteiger partial charge in [0.25, 0.3) is 0 Å². The molecule has 0 aliphatic rings.